The van der Waals surface area contributed by atoms with Gasteiger partial charge in [-0.1, -0.05) is 36.4 Å². The van der Waals surface area contributed by atoms with E-state index in [0.717, 1.165) is 25.4 Å². The van der Waals surface area contributed by atoms with E-state index >= 15 is 0 Å². The minimum atomic E-state index is 0.364. The van der Waals surface area contributed by atoms with Gasteiger partial charge in [0.15, 0.2) is 0 Å². The minimum Gasteiger partial charge on any atom is -0.492 e. The first-order chi connectivity index (χ1) is 12.3. The zero-order valence-electron chi connectivity index (χ0n) is 15.2. The fourth-order valence-corrected chi connectivity index (χ4v) is 4.46. The normalized spacial score (nSPS) is 19.2. The molecule has 132 valence electrons. The lowest BCUT2D eigenvalue weighted by atomic mass is 9.74. The minimum absolute atomic E-state index is 0.364. The van der Waals surface area contributed by atoms with E-state index < -0.39 is 0 Å². The summed E-state index contributed by atoms with van der Waals surface area (Å²) in [6.45, 7) is 8.70. The number of para-hydroxylation sites is 2. The van der Waals surface area contributed by atoms with Gasteiger partial charge in [0.2, 0.25) is 0 Å². The van der Waals surface area contributed by atoms with Gasteiger partial charge in [0.05, 0.1) is 0 Å². The number of ether oxygens (including phenoxy) is 1. The van der Waals surface area contributed by atoms with E-state index in [1.165, 1.54) is 38.2 Å². The highest BCUT2D eigenvalue weighted by atomic mass is 16.5. The average Bonchev–Trinajstić information content (AvgIpc) is 2.98. The number of hydrogen-bond acceptors (Lipinski definition) is 3. The van der Waals surface area contributed by atoms with Crippen molar-refractivity contribution < 1.29 is 4.74 Å². The zero-order chi connectivity index (χ0) is 17.1. The summed E-state index contributed by atoms with van der Waals surface area (Å²) in [6, 6.07) is 19.2. The molecule has 1 spiro atoms. The van der Waals surface area contributed by atoms with Gasteiger partial charge in [0.1, 0.15) is 12.4 Å². The van der Waals surface area contributed by atoms with E-state index in [2.05, 4.69) is 41.0 Å². The van der Waals surface area contributed by atoms with Gasteiger partial charge in [-0.25, -0.2) is 0 Å². The predicted octanol–water partition coefficient (Wildman–Crippen LogP) is 3.94. The third-order valence-corrected chi connectivity index (χ3v) is 5.92. The van der Waals surface area contributed by atoms with Gasteiger partial charge in [-0.05, 0) is 56.6 Å². The van der Waals surface area contributed by atoms with Gasteiger partial charge in [-0.2, -0.15) is 0 Å². The summed E-state index contributed by atoms with van der Waals surface area (Å²) in [5.74, 6) is 0.972. The Kier molecular flexibility index (Phi) is 4.67. The van der Waals surface area contributed by atoms with Crippen molar-refractivity contribution in [3.63, 3.8) is 0 Å². The Morgan fingerprint density at radius 3 is 2.44 bits per heavy atom. The first-order valence-corrected chi connectivity index (χ1v) is 9.55. The Balaban J connectivity index is 1.34. The van der Waals surface area contributed by atoms with E-state index in [-0.39, 0.29) is 0 Å². The van der Waals surface area contributed by atoms with E-state index in [4.69, 9.17) is 4.74 Å². The van der Waals surface area contributed by atoms with Gasteiger partial charge in [-0.3, -0.25) is 4.90 Å². The van der Waals surface area contributed by atoms with E-state index in [1.54, 1.807) is 5.56 Å². The van der Waals surface area contributed by atoms with Gasteiger partial charge in [0, 0.05) is 30.7 Å². The summed E-state index contributed by atoms with van der Waals surface area (Å²) in [7, 11) is 0. The molecule has 0 amide bonds. The molecule has 2 aliphatic rings. The maximum Gasteiger partial charge on any atom is 0.119 e. The zero-order valence-corrected chi connectivity index (χ0v) is 15.2. The first kappa shape index (κ1) is 16.5. The summed E-state index contributed by atoms with van der Waals surface area (Å²) >= 11 is 0. The molecule has 0 saturated carbocycles. The Bertz CT molecular complexity index is 692. The van der Waals surface area contributed by atoms with Crippen molar-refractivity contribution in [2.45, 2.75) is 25.2 Å². The standard InChI is InChI=1S/C22H28N2O/c1-2-24-18-22(20-10-6-7-11-21(20)24)12-14-23(15-13-22)16-17-25-19-8-4-3-5-9-19/h3-11H,2,12-18H2,1H3. The molecule has 0 radical (unpaired) electrons. The number of piperidine rings is 1. The average molecular weight is 336 g/mol. The van der Waals surface area contributed by atoms with Gasteiger partial charge in [-0.15, -0.1) is 0 Å². The first-order valence-electron chi connectivity index (χ1n) is 9.55. The summed E-state index contributed by atoms with van der Waals surface area (Å²) in [5.41, 5.74) is 3.41. The molecule has 1 fully saturated rings. The maximum atomic E-state index is 5.87. The highest BCUT2D eigenvalue weighted by Gasteiger charge is 2.43. The fourth-order valence-electron chi connectivity index (χ4n) is 4.46. The number of rotatable bonds is 5. The van der Waals surface area contributed by atoms with Gasteiger partial charge < -0.3 is 9.64 Å². The second-order valence-electron chi connectivity index (χ2n) is 7.31. The molecule has 0 N–H and O–H groups in total. The van der Waals surface area contributed by atoms with Crippen LogP contribution < -0.4 is 9.64 Å². The summed E-state index contributed by atoms with van der Waals surface area (Å²) in [5, 5.41) is 0. The molecule has 2 aromatic rings. The number of nitrogens with zero attached hydrogens (tertiary/aromatic N) is 2. The lowest BCUT2D eigenvalue weighted by molar-refractivity contribution is 0.142. The van der Waals surface area contributed by atoms with Crippen molar-refractivity contribution in [3.8, 4) is 5.75 Å². The summed E-state index contributed by atoms with van der Waals surface area (Å²) < 4.78 is 5.87. The van der Waals surface area contributed by atoms with Crippen LogP contribution in [0.4, 0.5) is 5.69 Å². The van der Waals surface area contributed by atoms with Crippen LogP contribution in [-0.2, 0) is 5.41 Å². The molecule has 1 saturated heterocycles. The molecule has 3 heteroatoms. The number of benzene rings is 2. The molecule has 3 nitrogen and oxygen atoms in total. The Morgan fingerprint density at radius 2 is 1.68 bits per heavy atom. The fraction of sp³-hybridized carbons (Fsp3) is 0.455. The van der Waals surface area contributed by atoms with Crippen LogP contribution in [0.15, 0.2) is 54.6 Å². The quantitative estimate of drug-likeness (QED) is 0.822. The molecule has 2 aromatic carbocycles. The van der Waals surface area contributed by atoms with Crippen molar-refractivity contribution in [3.05, 3.63) is 60.2 Å². The van der Waals surface area contributed by atoms with Crippen LogP contribution in [-0.4, -0.2) is 44.2 Å². The molecule has 0 aromatic heterocycles. The second kappa shape index (κ2) is 7.09. The molecule has 0 unspecified atom stereocenters. The van der Waals surface area contributed by atoms with E-state index in [9.17, 15) is 0 Å². The highest BCUT2D eigenvalue weighted by Crippen LogP contribution is 2.46. The van der Waals surface area contributed by atoms with Crippen molar-refractivity contribution in [2.24, 2.45) is 0 Å². The molecule has 2 aliphatic heterocycles. The van der Waals surface area contributed by atoms with Gasteiger partial charge >= 0.3 is 0 Å². The molecular weight excluding hydrogens is 308 g/mol. The van der Waals surface area contributed by atoms with Crippen molar-refractivity contribution in [1.29, 1.82) is 0 Å². The third-order valence-electron chi connectivity index (χ3n) is 5.92. The second-order valence-corrected chi connectivity index (χ2v) is 7.31. The van der Waals surface area contributed by atoms with E-state index in [0.29, 0.717) is 5.41 Å². The highest BCUT2D eigenvalue weighted by molar-refractivity contribution is 5.62. The van der Waals surface area contributed by atoms with Crippen molar-refractivity contribution >= 4 is 5.69 Å². The number of anilines is 1. The molecule has 0 bridgehead atoms. The third kappa shape index (κ3) is 3.25. The lowest BCUT2D eigenvalue weighted by Crippen LogP contribution is -2.46. The van der Waals surface area contributed by atoms with Crippen molar-refractivity contribution in [2.75, 3.05) is 44.2 Å². The number of likely N-dealkylation sites (N-methyl/N-ethyl adjacent to an activating group) is 1. The summed E-state index contributed by atoms with van der Waals surface area (Å²) in [6.07, 6.45) is 2.51. The van der Waals surface area contributed by atoms with Crippen LogP contribution in [0.1, 0.15) is 25.3 Å². The molecule has 2 heterocycles. The van der Waals surface area contributed by atoms with Crippen LogP contribution in [0, 0.1) is 0 Å². The monoisotopic (exact) mass is 336 g/mol. The van der Waals surface area contributed by atoms with Crippen LogP contribution in [0.3, 0.4) is 0 Å². The molecule has 25 heavy (non-hydrogen) atoms. The largest absolute Gasteiger partial charge is 0.492 e. The Hall–Kier alpha value is -2.00. The van der Waals surface area contributed by atoms with Gasteiger partial charge in [0.25, 0.3) is 0 Å². The SMILES string of the molecule is CCN1CC2(CCN(CCOc3ccccc3)CC2)c2ccccc21. The molecule has 0 aliphatic carbocycles. The van der Waals surface area contributed by atoms with Crippen LogP contribution in [0.2, 0.25) is 0 Å². The maximum absolute atomic E-state index is 5.87. The van der Waals surface area contributed by atoms with E-state index in [1.807, 2.05) is 30.3 Å². The number of likely N-dealkylation sites (tertiary alicyclic amines) is 1. The number of hydrogen-bond donors (Lipinski definition) is 0. The van der Waals surface area contributed by atoms with Crippen LogP contribution in [0.25, 0.3) is 0 Å². The Labute approximate surface area is 151 Å². The predicted molar refractivity (Wildman–Crippen MR) is 104 cm³/mol. The van der Waals surface area contributed by atoms with Crippen LogP contribution >= 0.6 is 0 Å². The number of fused-ring (bicyclic) bond motifs is 2. The van der Waals surface area contributed by atoms with Crippen molar-refractivity contribution in [1.82, 2.24) is 4.90 Å². The smallest absolute Gasteiger partial charge is 0.119 e. The Morgan fingerprint density at radius 1 is 0.960 bits per heavy atom. The topological polar surface area (TPSA) is 15.7 Å². The molecule has 4 rings (SSSR count). The summed E-state index contributed by atoms with van der Waals surface area (Å²) in [4.78, 5) is 5.12. The van der Waals surface area contributed by atoms with Crippen LogP contribution in [0.5, 0.6) is 5.75 Å². The molecular formula is C22H28N2O. The lowest BCUT2D eigenvalue weighted by Gasteiger charge is -2.40. The molecule has 0 atom stereocenters.